The molecule has 2 atom stereocenters. The lowest BCUT2D eigenvalue weighted by Gasteiger charge is -2.41. The highest BCUT2D eigenvalue weighted by Crippen LogP contribution is 2.26. The van der Waals surface area contributed by atoms with E-state index in [1.54, 1.807) is 0 Å². The molecule has 1 aromatic heterocycles. The Balaban J connectivity index is 0.000001000. The van der Waals surface area contributed by atoms with E-state index in [1.165, 1.54) is 44.5 Å². The minimum absolute atomic E-state index is 0. The number of piperidine rings is 2. The first-order valence-electron chi connectivity index (χ1n) is 7.11. The minimum atomic E-state index is 0. The summed E-state index contributed by atoms with van der Waals surface area (Å²) in [5.41, 5.74) is 2.34. The number of nitrogens with zero attached hydrogens (tertiary/aromatic N) is 2. The van der Waals surface area contributed by atoms with Crippen LogP contribution in [0.5, 0.6) is 0 Å². The van der Waals surface area contributed by atoms with Crippen molar-refractivity contribution in [1.82, 2.24) is 15.4 Å². The van der Waals surface area contributed by atoms with Crippen LogP contribution in [0.15, 0.2) is 4.52 Å². The highest BCUT2D eigenvalue weighted by atomic mass is 35.5. The molecule has 1 N–H and O–H groups in total. The lowest BCUT2D eigenvalue weighted by atomic mass is 9.85. The van der Waals surface area contributed by atoms with Crippen LogP contribution < -0.4 is 5.32 Å². The highest BCUT2D eigenvalue weighted by molar-refractivity contribution is 5.85. The number of nitrogens with one attached hydrogen (secondary N) is 1. The van der Waals surface area contributed by atoms with Crippen LogP contribution in [0.1, 0.15) is 36.3 Å². The molecule has 0 bridgehead atoms. The number of aryl methyl sites for hydroxylation is 2. The number of rotatable bonds is 2. The fraction of sp³-hybridized carbons (Fsp3) is 0.786. The van der Waals surface area contributed by atoms with E-state index in [-0.39, 0.29) is 24.8 Å². The second kappa shape index (κ2) is 7.64. The average Bonchev–Trinajstić information content (AvgIpc) is 2.70. The summed E-state index contributed by atoms with van der Waals surface area (Å²) in [4.78, 5) is 2.57. The molecule has 6 heteroatoms. The third kappa shape index (κ3) is 3.67. The number of hydrogen-bond acceptors (Lipinski definition) is 4. The van der Waals surface area contributed by atoms with Gasteiger partial charge in [0.25, 0.3) is 0 Å². The van der Waals surface area contributed by atoms with Crippen molar-refractivity contribution in [3.8, 4) is 0 Å². The molecule has 0 saturated carbocycles. The molecule has 0 unspecified atom stereocenters. The number of aromatic nitrogens is 1. The van der Waals surface area contributed by atoms with Crippen LogP contribution in [-0.2, 0) is 6.54 Å². The Bertz CT molecular complexity index is 405. The summed E-state index contributed by atoms with van der Waals surface area (Å²) >= 11 is 0. The van der Waals surface area contributed by atoms with Crippen molar-refractivity contribution >= 4 is 24.8 Å². The highest BCUT2D eigenvalue weighted by Gasteiger charge is 2.31. The monoisotopic (exact) mass is 321 g/mol. The first-order chi connectivity index (χ1) is 8.74. The van der Waals surface area contributed by atoms with E-state index < -0.39 is 0 Å². The van der Waals surface area contributed by atoms with Crippen LogP contribution in [0.3, 0.4) is 0 Å². The van der Waals surface area contributed by atoms with Crippen molar-refractivity contribution in [1.29, 1.82) is 0 Å². The van der Waals surface area contributed by atoms with Gasteiger partial charge < -0.3 is 9.84 Å². The molecule has 2 aliphatic rings. The summed E-state index contributed by atoms with van der Waals surface area (Å²) in [6, 6.07) is 0.764. The van der Waals surface area contributed by atoms with E-state index in [0.717, 1.165) is 30.0 Å². The lowest BCUT2D eigenvalue weighted by Crippen LogP contribution is -2.51. The Morgan fingerprint density at radius 3 is 2.80 bits per heavy atom. The number of hydrogen-bond donors (Lipinski definition) is 1. The summed E-state index contributed by atoms with van der Waals surface area (Å²) in [6.07, 6.45) is 4.00. The molecule has 2 fully saturated rings. The summed E-state index contributed by atoms with van der Waals surface area (Å²) in [5.74, 6) is 1.82. The van der Waals surface area contributed by atoms with Crippen molar-refractivity contribution in [3.63, 3.8) is 0 Å². The molecular weight excluding hydrogens is 297 g/mol. The van der Waals surface area contributed by atoms with Gasteiger partial charge >= 0.3 is 0 Å². The Kier molecular flexibility index (Phi) is 6.79. The molecule has 0 spiro atoms. The Morgan fingerprint density at radius 1 is 1.30 bits per heavy atom. The van der Waals surface area contributed by atoms with Gasteiger partial charge in [-0.25, -0.2) is 0 Å². The first kappa shape index (κ1) is 17.8. The van der Waals surface area contributed by atoms with Crippen molar-refractivity contribution in [3.05, 3.63) is 17.0 Å². The SMILES string of the molecule is Cc1noc(C)c1CN1CC[C@@H]2NCCC[C@@H]2C1.Cl.Cl. The number of fused-ring (bicyclic) bond motifs is 1. The molecule has 1 aromatic rings. The van der Waals surface area contributed by atoms with E-state index in [9.17, 15) is 0 Å². The maximum absolute atomic E-state index is 5.25. The summed E-state index contributed by atoms with van der Waals surface area (Å²) in [7, 11) is 0. The van der Waals surface area contributed by atoms with Crippen molar-refractivity contribution in [2.45, 2.75) is 45.7 Å². The Labute approximate surface area is 133 Å². The van der Waals surface area contributed by atoms with E-state index in [2.05, 4.69) is 15.4 Å². The van der Waals surface area contributed by atoms with Gasteiger partial charge in [0.05, 0.1) is 5.69 Å². The lowest BCUT2D eigenvalue weighted by molar-refractivity contribution is 0.108. The molecule has 0 aliphatic carbocycles. The quantitative estimate of drug-likeness (QED) is 0.909. The zero-order valence-electron chi connectivity index (χ0n) is 12.2. The number of halogens is 2. The molecule has 4 nitrogen and oxygen atoms in total. The van der Waals surface area contributed by atoms with Crippen LogP contribution in [0.2, 0.25) is 0 Å². The molecule has 116 valence electrons. The normalized spacial score (nSPS) is 26.3. The van der Waals surface area contributed by atoms with Crippen LogP contribution in [0, 0.1) is 19.8 Å². The molecule has 3 rings (SSSR count). The third-order valence-corrected chi connectivity index (χ3v) is 4.54. The van der Waals surface area contributed by atoms with Gasteiger partial charge in [0.15, 0.2) is 0 Å². The molecule has 0 aromatic carbocycles. The topological polar surface area (TPSA) is 41.3 Å². The molecule has 2 saturated heterocycles. The largest absolute Gasteiger partial charge is 0.361 e. The summed E-state index contributed by atoms with van der Waals surface area (Å²) < 4.78 is 5.25. The van der Waals surface area contributed by atoms with E-state index in [4.69, 9.17) is 4.52 Å². The predicted molar refractivity (Wildman–Crippen MR) is 84.9 cm³/mol. The molecular formula is C14H25Cl2N3O. The van der Waals surface area contributed by atoms with E-state index >= 15 is 0 Å². The molecule has 20 heavy (non-hydrogen) atoms. The van der Waals surface area contributed by atoms with Gasteiger partial charge in [-0.1, -0.05) is 5.16 Å². The Hall–Kier alpha value is -0.290. The molecule has 2 aliphatic heterocycles. The van der Waals surface area contributed by atoms with Crippen LogP contribution in [-0.4, -0.2) is 35.7 Å². The van der Waals surface area contributed by atoms with Gasteiger partial charge in [-0.05, 0) is 52.1 Å². The molecule has 0 amide bonds. The second-order valence-corrected chi connectivity index (χ2v) is 5.79. The van der Waals surface area contributed by atoms with E-state index in [1.807, 2.05) is 13.8 Å². The first-order valence-corrected chi connectivity index (χ1v) is 7.11. The van der Waals surface area contributed by atoms with Crippen LogP contribution in [0.4, 0.5) is 0 Å². The van der Waals surface area contributed by atoms with E-state index in [0.29, 0.717) is 0 Å². The second-order valence-electron chi connectivity index (χ2n) is 5.79. The average molecular weight is 322 g/mol. The Morgan fingerprint density at radius 2 is 2.10 bits per heavy atom. The fourth-order valence-electron chi connectivity index (χ4n) is 3.42. The standard InChI is InChI=1S/C14H23N3O.2ClH/c1-10-13(11(2)18-16-10)9-17-7-5-14-12(8-17)4-3-6-15-14;;/h12,14-15H,3-9H2,1-2H3;2*1H/t12-,14+;;/m1../s1. The zero-order chi connectivity index (χ0) is 12.5. The predicted octanol–water partition coefficient (Wildman–Crippen LogP) is 2.71. The molecule has 3 heterocycles. The minimum Gasteiger partial charge on any atom is -0.361 e. The van der Waals surface area contributed by atoms with Gasteiger partial charge in [0, 0.05) is 24.7 Å². The van der Waals surface area contributed by atoms with Crippen LogP contribution >= 0.6 is 24.8 Å². The van der Waals surface area contributed by atoms with Gasteiger partial charge in [-0.3, -0.25) is 4.90 Å². The van der Waals surface area contributed by atoms with Gasteiger partial charge in [0.2, 0.25) is 0 Å². The van der Waals surface area contributed by atoms with Gasteiger partial charge in [-0.2, -0.15) is 0 Å². The smallest absolute Gasteiger partial charge is 0.138 e. The van der Waals surface area contributed by atoms with Crippen molar-refractivity contribution < 1.29 is 4.52 Å². The maximum atomic E-state index is 5.25. The zero-order valence-corrected chi connectivity index (χ0v) is 13.9. The third-order valence-electron chi connectivity index (χ3n) is 4.54. The summed E-state index contributed by atoms with van der Waals surface area (Å²) in [5, 5.41) is 7.71. The molecule has 0 radical (unpaired) electrons. The van der Waals surface area contributed by atoms with Crippen molar-refractivity contribution in [2.24, 2.45) is 5.92 Å². The maximum Gasteiger partial charge on any atom is 0.138 e. The van der Waals surface area contributed by atoms with Gasteiger partial charge in [0.1, 0.15) is 5.76 Å². The van der Waals surface area contributed by atoms with Crippen LogP contribution in [0.25, 0.3) is 0 Å². The summed E-state index contributed by atoms with van der Waals surface area (Å²) in [6.45, 7) is 8.69. The number of likely N-dealkylation sites (tertiary alicyclic amines) is 1. The fourth-order valence-corrected chi connectivity index (χ4v) is 3.42. The van der Waals surface area contributed by atoms with Gasteiger partial charge in [-0.15, -0.1) is 24.8 Å². The van der Waals surface area contributed by atoms with Crippen molar-refractivity contribution in [2.75, 3.05) is 19.6 Å².